The second-order valence-electron chi connectivity index (χ2n) is 7.18. The fraction of sp³-hybridized carbons (Fsp3) is 0.391. The van der Waals surface area contributed by atoms with Crippen LogP contribution in [-0.2, 0) is 4.79 Å². The summed E-state index contributed by atoms with van der Waals surface area (Å²) in [5.74, 6) is 0.550. The van der Waals surface area contributed by atoms with Gasteiger partial charge in [0.25, 0.3) is 5.91 Å². The molecular weight excluding hydrogens is 366 g/mol. The molecule has 0 atom stereocenters. The quantitative estimate of drug-likeness (QED) is 0.626. The van der Waals surface area contributed by atoms with Gasteiger partial charge in [0.2, 0.25) is 5.91 Å². The number of nitrogens with zero attached hydrogens (tertiary/aromatic N) is 1. The van der Waals surface area contributed by atoms with E-state index in [4.69, 9.17) is 4.74 Å². The Morgan fingerprint density at radius 1 is 1.07 bits per heavy atom. The molecule has 0 spiro atoms. The Morgan fingerprint density at radius 2 is 1.86 bits per heavy atom. The van der Waals surface area contributed by atoms with Gasteiger partial charge >= 0.3 is 0 Å². The van der Waals surface area contributed by atoms with Gasteiger partial charge in [-0.25, -0.2) is 0 Å². The van der Waals surface area contributed by atoms with Gasteiger partial charge in [0.05, 0.1) is 18.8 Å². The second kappa shape index (κ2) is 10.5. The van der Waals surface area contributed by atoms with Crippen LogP contribution in [0.5, 0.6) is 5.75 Å². The summed E-state index contributed by atoms with van der Waals surface area (Å²) in [6.45, 7) is 4.47. The van der Waals surface area contributed by atoms with Gasteiger partial charge in [0.15, 0.2) is 0 Å². The highest BCUT2D eigenvalue weighted by atomic mass is 16.5. The molecule has 3 rings (SSSR count). The molecule has 0 aromatic heterocycles. The number of likely N-dealkylation sites (tertiary alicyclic amines) is 1. The standard InChI is InChI=1S/C23H29N3O3/c1-2-3-15-29-21-12-5-4-11-20(21)25-22(27)17-24-19-10-8-9-18(16-19)23(28)26-13-6-7-14-26/h4-5,8-12,16,24H,2-3,6-7,13-15,17H2,1H3,(H,25,27). The molecule has 1 fully saturated rings. The molecule has 0 saturated carbocycles. The van der Waals surface area contributed by atoms with Crippen molar-refractivity contribution in [2.75, 3.05) is 36.9 Å². The molecule has 29 heavy (non-hydrogen) atoms. The minimum atomic E-state index is -0.173. The summed E-state index contributed by atoms with van der Waals surface area (Å²) in [5, 5.41) is 5.99. The monoisotopic (exact) mass is 395 g/mol. The Kier molecular flexibility index (Phi) is 7.50. The molecular formula is C23H29N3O3. The first-order valence-electron chi connectivity index (χ1n) is 10.3. The van der Waals surface area contributed by atoms with Crippen molar-refractivity contribution in [3.05, 3.63) is 54.1 Å². The number of benzene rings is 2. The molecule has 0 bridgehead atoms. The number of unbranched alkanes of at least 4 members (excludes halogenated alkanes) is 1. The van der Waals surface area contributed by atoms with Crippen LogP contribution < -0.4 is 15.4 Å². The van der Waals surface area contributed by atoms with Crippen LogP contribution in [0, 0.1) is 0 Å². The molecule has 1 saturated heterocycles. The van der Waals surface area contributed by atoms with Crippen LogP contribution >= 0.6 is 0 Å². The van der Waals surface area contributed by atoms with Crippen molar-refractivity contribution in [2.45, 2.75) is 32.6 Å². The van der Waals surface area contributed by atoms with E-state index in [9.17, 15) is 9.59 Å². The number of para-hydroxylation sites is 2. The molecule has 1 aliphatic rings. The molecule has 2 aromatic rings. The van der Waals surface area contributed by atoms with Gasteiger partial charge in [-0.05, 0) is 49.6 Å². The van der Waals surface area contributed by atoms with E-state index in [0.29, 0.717) is 23.6 Å². The van der Waals surface area contributed by atoms with Gasteiger partial charge in [-0.1, -0.05) is 31.5 Å². The number of anilines is 2. The van der Waals surface area contributed by atoms with Crippen LogP contribution in [0.4, 0.5) is 11.4 Å². The summed E-state index contributed by atoms with van der Waals surface area (Å²) in [7, 11) is 0. The number of rotatable bonds is 9. The number of carbonyl (C=O) groups is 2. The predicted octanol–water partition coefficient (Wildman–Crippen LogP) is 4.15. The van der Waals surface area contributed by atoms with Crippen LogP contribution in [0.3, 0.4) is 0 Å². The lowest BCUT2D eigenvalue weighted by molar-refractivity contribution is -0.114. The molecule has 1 aliphatic heterocycles. The Labute approximate surface area is 172 Å². The zero-order valence-electron chi connectivity index (χ0n) is 16.9. The number of nitrogens with one attached hydrogen (secondary N) is 2. The Bertz CT molecular complexity index is 832. The number of hydrogen-bond acceptors (Lipinski definition) is 4. The minimum absolute atomic E-state index is 0.0498. The van der Waals surface area contributed by atoms with Gasteiger partial charge < -0.3 is 20.3 Å². The topological polar surface area (TPSA) is 70.7 Å². The van der Waals surface area contributed by atoms with Crippen LogP contribution in [0.2, 0.25) is 0 Å². The smallest absolute Gasteiger partial charge is 0.253 e. The third kappa shape index (κ3) is 5.98. The Balaban J connectivity index is 1.55. The Hall–Kier alpha value is -3.02. The van der Waals surface area contributed by atoms with Gasteiger partial charge in [-0.2, -0.15) is 0 Å². The highest BCUT2D eigenvalue weighted by Crippen LogP contribution is 2.24. The fourth-order valence-corrected chi connectivity index (χ4v) is 3.26. The first-order chi connectivity index (χ1) is 14.2. The van der Waals surface area contributed by atoms with E-state index in [1.807, 2.05) is 47.4 Å². The van der Waals surface area contributed by atoms with Crippen LogP contribution in [0.1, 0.15) is 43.0 Å². The minimum Gasteiger partial charge on any atom is -0.491 e. The molecule has 0 aliphatic carbocycles. The van der Waals surface area contributed by atoms with Crippen LogP contribution in [-0.4, -0.2) is 43.0 Å². The molecule has 0 unspecified atom stereocenters. The average Bonchev–Trinajstić information content (AvgIpc) is 3.28. The molecule has 1 heterocycles. The van der Waals surface area contributed by atoms with Gasteiger partial charge in [0.1, 0.15) is 5.75 Å². The molecule has 2 aromatic carbocycles. The fourth-order valence-electron chi connectivity index (χ4n) is 3.26. The van der Waals surface area contributed by atoms with Gasteiger partial charge in [-0.3, -0.25) is 9.59 Å². The average molecular weight is 396 g/mol. The number of ether oxygens (including phenoxy) is 1. The van der Waals surface area contributed by atoms with Crippen molar-refractivity contribution < 1.29 is 14.3 Å². The highest BCUT2D eigenvalue weighted by Gasteiger charge is 2.19. The molecule has 2 N–H and O–H groups in total. The zero-order valence-corrected chi connectivity index (χ0v) is 16.9. The number of hydrogen-bond donors (Lipinski definition) is 2. The summed E-state index contributed by atoms with van der Waals surface area (Å²) >= 11 is 0. The van der Waals surface area contributed by atoms with Crippen LogP contribution in [0.25, 0.3) is 0 Å². The molecule has 6 heteroatoms. The highest BCUT2D eigenvalue weighted by molar-refractivity contribution is 5.96. The van der Waals surface area contributed by atoms with E-state index in [1.54, 1.807) is 6.07 Å². The van der Waals surface area contributed by atoms with Gasteiger partial charge in [-0.15, -0.1) is 0 Å². The molecule has 2 amide bonds. The maximum absolute atomic E-state index is 12.5. The third-order valence-corrected chi connectivity index (χ3v) is 4.87. The molecule has 0 radical (unpaired) electrons. The normalized spacial score (nSPS) is 13.2. The summed E-state index contributed by atoms with van der Waals surface area (Å²) in [6, 6.07) is 14.7. The third-order valence-electron chi connectivity index (χ3n) is 4.87. The SMILES string of the molecule is CCCCOc1ccccc1NC(=O)CNc1cccc(C(=O)N2CCCC2)c1. The van der Waals surface area contributed by atoms with E-state index in [1.165, 1.54) is 0 Å². The van der Waals surface area contributed by atoms with Crippen molar-refractivity contribution in [1.29, 1.82) is 0 Å². The second-order valence-corrected chi connectivity index (χ2v) is 7.18. The Morgan fingerprint density at radius 3 is 2.66 bits per heavy atom. The molecule has 6 nitrogen and oxygen atoms in total. The van der Waals surface area contributed by atoms with Crippen molar-refractivity contribution in [3.8, 4) is 5.75 Å². The first-order valence-corrected chi connectivity index (χ1v) is 10.3. The van der Waals surface area contributed by atoms with Crippen molar-refractivity contribution in [2.24, 2.45) is 0 Å². The lowest BCUT2D eigenvalue weighted by Gasteiger charge is -2.16. The van der Waals surface area contributed by atoms with E-state index < -0.39 is 0 Å². The maximum Gasteiger partial charge on any atom is 0.253 e. The first kappa shape index (κ1) is 20.7. The summed E-state index contributed by atoms with van der Waals surface area (Å²) in [5.41, 5.74) is 2.05. The van der Waals surface area contributed by atoms with Crippen LogP contribution in [0.15, 0.2) is 48.5 Å². The van der Waals surface area contributed by atoms with Crippen molar-refractivity contribution in [3.63, 3.8) is 0 Å². The van der Waals surface area contributed by atoms with Gasteiger partial charge in [0, 0.05) is 24.3 Å². The predicted molar refractivity (Wildman–Crippen MR) is 116 cm³/mol. The maximum atomic E-state index is 12.5. The summed E-state index contributed by atoms with van der Waals surface area (Å²) in [6.07, 6.45) is 4.15. The lowest BCUT2D eigenvalue weighted by atomic mass is 10.1. The van der Waals surface area contributed by atoms with E-state index in [-0.39, 0.29) is 18.4 Å². The molecule has 154 valence electrons. The van der Waals surface area contributed by atoms with E-state index in [2.05, 4.69) is 17.6 Å². The number of carbonyl (C=O) groups excluding carboxylic acids is 2. The summed E-state index contributed by atoms with van der Waals surface area (Å²) in [4.78, 5) is 26.8. The largest absolute Gasteiger partial charge is 0.491 e. The van der Waals surface area contributed by atoms with Crippen molar-refractivity contribution in [1.82, 2.24) is 4.90 Å². The zero-order chi connectivity index (χ0) is 20.5. The summed E-state index contributed by atoms with van der Waals surface area (Å²) < 4.78 is 5.75. The lowest BCUT2D eigenvalue weighted by Crippen LogP contribution is -2.27. The van der Waals surface area contributed by atoms with E-state index in [0.717, 1.165) is 44.5 Å². The van der Waals surface area contributed by atoms with E-state index >= 15 is 0 Å². The number of amides is 2. The van der Waals surface area contributed by atoms with Crippen molar-refractivity contribution >= 4 is 23.2 Å².